The lowest BCUT2D eigenvalue weighted by Gasteiger charge is -2.31. The number of nitrogens with zero attached hydrogens (tertiary/aromatic N) is 3. The van der Waals surface area contributed by atoms with Crippen LogP contribution in [0.2, 0.25) is 0 Å². The second kappa shape index (κ2) is 8.86. The summed E-state index contributed by atoms with van der Waals surface area (Å²) in [6.07, 6.45) is 7.50. The van der Waals surface area contributed by atoms with Gasteiger partial charge in [-0.05, 0) is 72.9 Å². The van der Waals surface area contributed by atoms with Crippen LogP contribution in [0.3, 0.4) is 0 Å². The molecule has 6 rings (SSSR count). The van der Waals surface area contributed by atoms with Crippen molar-refractivity contribution in [2.75, 3.05) is 18.9 Å². The van der Waals surface area contributed by atoms with Crippen molar-refractivity contribution in [3.05, 3.63) is 58.9 Å². The quantitative estimate of drug-likeness (QED) is 0.662. The molecule has 37 heavy (non-hydrogen) atoms. The fraction of sp³-hybridized carbons (Fsp3) is 0.444. The number of aryl methyl sites for hydroxylation is 2. The van der Waals surface area contributed by atoms with Crippen LogP contribution in [0.25, 0.3) is 0 Å². The monoisotopic (exact) mass is 503 g/mol. The fourth-order valence-electron chi connectivity index (χ4n) is 5.99. The molecule has 2 aromatic rings. The summed E-state index contributed by atoms with van der Waals surface area (Å²) in [4.78, 5) is 59.0. The van der Waals surface area contributed by atoms with Crippen molar-refractivity contribution in [1.29, 1.82) is 0 Å². The molecule has 4 aliphatic rings. The number of hydrogen-bond donors (Lipinski definition) is 2. The Kier molecular flexibility index (Phi) is 5.62. The van der Waals surface area contributed by atoms with E-state index in [0.29, 0.717) is 36.6 Å². The van der Waals surface area contributed by atoms with Crippen molar-refractivity contribution < 1.29 is 23.9 Å². The molecular formula is C27H29N5O5. The van der Waals surface area contributed by atoms with Gasteiger partial charge in [0.05, 0.1) is 0 Å². The highest BCUT2D eigenvalue weighted by Gasteiger charge is 2.58. The summed E-state index contributed by atoms with van der Waals surface area (Å²) in [5.41, 5.74) is 2.80. The number of hydrogen-bond acceptors (Lipinski definition) is 6. The average molecular weight is 504 g/mol. The molecule has 2 fully saturated rings. The first-order valence-electron chi connectivity index (χ1n) is 12.8. The Labute approximate surface area is 214 Å². The Bertz CT molecular complexity index is 1310. The number of nitrogens with one attached hydrogen (secondary N) is 2. The van der Waals surface area contributed by atoms with Crippen LogP contribution in [0.1, 0.15) is 47.9 Å². The van der Waals surface area contributed by atoms with Gasteiger partial charge >= 0.3 is 12.1 Å². The summed E-state index contributed by atoms with van der Waals surface area (Å²) in [6.45, 7) is 0.110. The molecule has 2 N–H and O–H groups in total. The summed E-state index contributed by atoms with van der Waals surface area (Å²) in [5, 5.41) is 5.21. The van der Waals surface area contributed by atoms with Crippen molar-refractivity contribution in [3.63, 3.8) is 0 Å². The number of carbonyl (C=O) groups is 4. The Morgan fingerprint density at radius 2 is 1.95 bits per heavy atom. The first kappa shape index (κ1) is 23.4. The molecule has 5 amide bonds. The molecule has 0 unspecified atom stereocenters. The third-order valence-electron chi connectivity index (χ3n) is 8.08. The largest absolute Gasteiger partial charge is 0.427 e. The Hall–Kier alpha value is -3.95. The second-order valence-electron chi connectivity index (χ2n) is 10.3. The van der Waals surface area contributed by atoms with Crippen LogP contribution in [-0.4, -0.2) is 58.4 Å². The minimum Gasteiger partial charge on any atom is -0.427 e. The van der Waals surface area contributed by atoms with Gasteiger partial charge in [-0.2, -0.15) is 0 Å². The van der Waals surface area contributed by atoms with Crippen molar-refractivity contribution in [3.8, 4) is 0 Å². The number of urea groups is 1. The van der Waals surface area contributed by atoms with Crippen molar-refractivity contribution in [2.45, 2.75) is 56.7 Å². The van der Waals surface area contributed by atoms with Gasteiger partial charge in [-0.25, -0.2) is 14.5 Å². The summed E-state index contributed by atoms with van der Waals surface area (Å²) >= 11 is 0. The SMILES string of the molecule is CNC(=O)Nc1ccc2c(c1)CC[C@@]21OC(=O)N(CC(=O)N2Cc3ccncc3CC[C@H]2C2CC2)C1=O. The average Bonchev–Trinajstić information content (AvgIpc) is 3.66. The van der Waals surface area contributed by atoms with E-state index in [1.54, 1.807) is 24.4 Å². The highest BCUT2D eigenvalue weighted by atomic mass is 16.6. The first-order chi connectivity index (χ1) is 17.9. The number of carbonyl (C=O) groups excluding carboxylic acids is 4. The Morgan fingerprint density at radius 3 is 2.73 bits per heavy atom. The number of fused-ring (bicyclic) bond motifs is 3. The van der Waals surface area contributed by atoms with E-state index in [4.69, 9.17) is 4.74 Å². The third kappa shape index (κ3) is 4.00. The predicted octanol–water partition coefficient (Wildman–Crippen LogP) is 2.71. The lowest BCUT2D eigenvalue weighted by molar-refractivity contribution is -0.143. The van der Waals surface area contributed by atoms with E-state index in [9.17, 15) is 19.2 Å². The standard InChI is InChI=1S/C27H29N5O5/c1-28-25(35)30-20-5-6-21-17(12-20)8-10-27(21)24(34)32(26(36)37-27)15-23(33)31-14-19-9-11-29-13-18(19)4-7-22(31)16-2-3-16/h5-6,9,11-13,16,22H,2-4,7-8,10,14-15H2,1H3,(H2,28,30,35)/t22-,27+/m0/s1. The minimum absolute atomic E-state index is 0.0843. The van der Waals surface area contributed by atoms with Crippen LogP contribution >= 0.6 is 0 Å². The lowest BCUT2D eigenvalue weighted by Crippen LogP contribution is -2.48. The first-order valence-corrected chi connectivity index (χ1v) is 12.8. The van der Waals surface area contributed by atoms with E-state index in [1.165, 1.54) is 7.05 Å². The summed E-state index contributed by atoms with van der Waals surface area (Å²) in [6, 6.07) is 6.86. The van der Waals surface area contributed by atoms with Gasteiger partial charge in [0.25, 0.3) is 5.91 Å². The topological polar surface area (TPSA) is 121 Å². The molecule has 1 aromatic carbocycles. The van der Waals surface area contributed by atoms with Gasteiger partial charge in [-0.1, -0.05) is 6.07 Å². The number of benzene rings is 1. The molecule has 2 atom stereocenters. The van der Waals surface area contributed by atoms with Crippen molar-refractivity contribution in [1.82, 2.24) is 20.1 Å². The van der Waals surface area contributed by atoms with E-state index in [1.807, 2.05) is 17.2 Å². The molecule has 1 saturated carbocycles. The molecule has 0 radical (unpaired) electrons. The zero-order chi connectivity index (χ0) is 25.7. The smallest absolute Gasteiger partial charge is 0.418 e. The van der Waals surface area contributed by atoms with E-state index in [0.717, 1.165) is 47.3 Å². The van der Waals surface area contributed by atoms with Gasteiger partial charge in [0.2, 0.25) is 11.5 Å². The fourth-order valence-corrected chi connectivity index (χ4v) is 5.99. The molecule has 192 valence electrons. The molecular weight excluding hydrogens is 474 g/mol. The summed E-state index contributed by atoms with van der Waals surface area (Å²) in [5.74, 6) is -0.288. The molecule has 3 heterocycles. The molecule has 1 spiro atoms. The molecule has 10 heteroatoms. The van der Waals surface area contributed by atoms with Gasteiger partial charge in [0.1, 0.15) is 6.54 Å². The number of imide groups is 1. The van der Waals surface area contributed by atoms with Gasteiger partial charge in [-0.3, -0.25) is 14.6 Å². The van der Waals surface area contributed by atoms with Crippen LogP contribution in [-0.2, 0) is 39.3 Å². The summed E-state index contributed by atoms with van der Waals surface area (Å²) < 4.78 is 5.72. The van der Waals surface area contributed by atoms with E-state index < -0.39 is 17.6 Å². The molecule has 1 aromatic heterocycles. The minimum atomic E-state index is -1.43. The molecule has 2 aliphatic heterocycles. The maximum absolute atomic E-state index is 13.6. The van der Waals surface area contributed by atoms with Crippen LogP contribution in [0, 0.1) is 5.92 Å². The van der Waals surface area contributed by atoms with E-state index in [2.05, 4.69) is 15.6 Å². The van der Waals surface area contributed by atoms with Gasteiger partial charge in [0, 0.05) is 49.7 Å². The number of anilines is 1. The van der Waals surface area contributed by atoms with Crippen molar-refractivity contribution >= 4 is 29.6 Å². The van der Waals surface area contributed by atoms with E-state index in [-0.39, 0.29) is 24.5 Å². The number of amides is 5. The van der Waals surface area contributed by atoms with Crippen LogP contribution in [0.5, 0.6) is 0 Å². The maximum Gasteiger partial charge on any atom is 0.418 e. The normalized spacial score (nSPS) is 24.4. The third-order valence-corrected chi connectivity index (χ3v) is 8.08. The zero-order valence-electron chi connectivity index (χ0n) is 20.7. The van der Waals surface area contributed by atoms with Crippen LogP contribution in [0.15, 0.2) is 36.7 Å². The molecule has 10 nitrogen and oxygen atoms in total. The second-order valence-corrected chi connectivity index (χ2v) is 10.3. The highest BCUT2D eigenvalue weighted by Crippen LogP contribution is 2.46. The number of pyridine rings is 1. The van der Waals surface area contributed by atoms with Gasteiger partial charge in [-0.15, -0.1) is 0 Å². The van der Waals surface area contributed by atoms with Crippen LogP contribution in [0.4, 0.5) is 15.3 Å². The molecule has 0 bridgehead atoms. The molecule has 1 saturated heterocycles. The number of aromatic nitrogens is 1. The van der Waals surface area contributed by atoms with Gasteiger partial charge < -0.3 is 20.3 Å². The van der Waals surface area contributed by atoms with Crippen LogP contribution < -0.4 is 10.6 Å². The van der Waals surface area contributed by atoms with Crippen molar-refractivity contribution in [2.24, 2.45) is 5.92 Å². The summed E-state index contributed by atoms with van der Waals surface area (Å²) in [7, 11) is 1.53. The number of ether oxygens (including phenoxy) is 1. The zero-order valence-corrected chi connectivity index (χ0v) is 20.7. The lowest BCUT2D eigenvalue weighted by atomic mass is 9.94. The van der Waals surface area contributed by atoms with E-state index >= 15 is 0 Å². The van der Waals surface area contributed by atoms with Gasteiger partial charge in [0.15, 0.2) is 0 Å². The Morgan fingerprint density at radius 1 is 1.11 bits per heavy atom. The molecule has 2 aliphatic carbocycles. The maximum atomic E-state index is 13.6. The predicted molar refractivity (Wildman–Crippen MR) is 132 cm³/mol. The highest BCUT2D eigenvalue weighted by molar-refractivity contribution is 6.06. The Balaban J connectivity index is 1.23. The number of rotatable bonds is 4.